The first-order chi connectivity index (χ1) is 13.9. The Labute approximate surface area is 173 Å². The van der Waals surface area contributed by atoms with E-state index in [1.54, 1.807) is 18.2 Å². The van der Waals surface area contributed by atoms with Crippen molar-refractivity contribution in [3.8, 4) is 11.5 Å². The number of ketones is 1. The van der Waals surface area contributed by atoms with Gasteiger partial charge in [-0.2, -0.15) is 0 Å². The van der Waals surface area contributed by atoms with Gasteiger partial charge in [-0.25, -0.2) is 4.98 Å². The summed E-state index contributed by atoms with van der Waals surface area (Å²) in [7, 11) is 1.53. The molecule has 150 valence electrons. The largest absolute Gasteiger partial charge is 0.493 e. The zero-order valence-electron chi connectivity index (χ0n) is 16.5. The van der Waals surface area contributed by atoms with Gasteiger partial charge in [0.2, 0.25) is 5.91 Å². The number of Topliss-reactive ketones (excluding diaryl/α,β-unsaturated/α-hetero) is 1. The van der Waals surface area contributed by atoms with Crippen LogP contribution in [0.5, 0.6) is 11.5 Å². The number of rotatable bonds is 8. The molecule has 29 heavy (non-hydrogen) atoms. The maximum absolute atomic E-state index is 12.2. The van der Waals surface area contributed by atoms with Crippen LogP contribution < -0.4 is 14.8 Å². The lowest BCUT2D eigenvalue weighted by atomic mass is 10.1. The van der Waals surface area contributed by atoms with E-state index in [9.17, 15) is 9.59 Å². The van der Waals surface area contributed by atoms with E-state index >= 15 is 0 Å². The number of carbonyl (C=O) groups is 2. The number of ether oxygens (including phenoxy) is 2. The Balaban J connectivity index is 1.57. The number of benzene rings is 2. The minimum Gasteiger partial charge on any atom is -0.493 e. The van der Waals surface area contributed by atoms with Gasteiger partial charge in [0.15, 0.2) is 17.3 Å². The van der Waals surface area contributed by atoms with Gasteiger partial charge in [-0.15, -0.1) is 11.3 Å². The van der Waals surface area contributed by atoms with Crippen molar-refractivity contribution in [1.82, 2.24) is 4.98 Å². The Hall–Kier alpha value is -3.19. The van der Waals surface area contributed by atoms with Crippen LogP contribution in [0.25, 0.3) is 0 Å². The first kappa shape index (κ1) is 20.5. The highest BCUT2D eigenvalue weighted by Gasteiger charge is 2.11. The summed E-state index contributed by atoms with van der Waals surface area (Å²) >= 11 is 1.41. The third kappa shape index (κ3) is 5.65. The number of thiazole rings is 1. The van der Waals surface area contributed by atoms with E-state index < -0.39 is 0 Å². The van der Waals surface area contributed by atoms with Crippen LogP contribution in [0.1, 0.15) is 33.5 Å². The summed E-state index contributed by atoms with van der Waals surface area (Å²) in [6.45, 7) is 3.74. The molecular formula is C22H22N2O4S. The van der Waals surface area contributed by atoms with Crippen molar-refractivity contribution in [3.05, 3.63) is 69.7 Å². The number of aromatic nitrogens is 1. The van der Waals surface area contributed by atoms with Gasteiger partial charge in [0.25, 0.3) is 0 Å². The summed E-state index contributed by atoms with van der Waals surface area (Å²) in [5.41, 5.74) is 3.19. The molecule has 1 amide bonds. The van der Waals surface area contributed by atoms with Crippen molar-refractivity contribution < 1.29 is 19.1 Å². The molecule has 0 aliphatic heterocycles. The van der Waals surface area contributed by atoms with Crippen LogP contribution in [0.4, 0.5) is 5.69 Å². The molecule has 0 fully saturated rings. The second-order valence-electron chi connectivity index (χ2n) is 6.53. The Bertz CT molecular complexity index is 1010. The lowest BCUT2D eigenvalue weighted by Gasteiger charge is -2.10. The molecule has 0 radical (unpaired) electrons. The van der Waals surface area contributed by atoms with Gasteiger partial charge >= 0.3 is 0 Å². The van der Waals surface area contributed by atoms with Gasteiger partial charge < -0.3 is 14.8 Å². The van der Waals surface area contributed by atoms with Crippen LogP contribution in [0.3, 0.4) is 0 Å². The summed E-state index contributed by atoms with van der Waals surface area (Å²) in [5, 5.41) is 5.45. The van der Waals surface area contributed by atoms with Crippen molar-refractivity contribution in [2.24, 2.45) is 0 Å². The van der Waals surface area contributed by atoms with Crippen molar-refractivity contribution in [3.63, 3.8) is 0 Å². The van der Waals surface area contributed by atoms with E-state index in [1.807, 2.05) is 36.6 Å². The molecule has 0 aliphatic rings. The van der Waals surface area contributed by atoms with Crippen LogP contribution in [0.15, 0.2) is 47.8 Å². The highest BCUT2D eigenvalue weighted by atomic mass is 32.1. The number of hydrogen-bond acceptors (Lipinski definition) is 6. The molecule has 0 atom stereocenters. The molecule has 0 spiro atoms. The third-order valence-corrected chi connectivity index (χ3v) is 5.09. The average Bonchev–Trinajstić information content (AvgIpc) is 3.15. The number of amides is 1. The van der Waals surface area contributed by atoms with E-state index in [0.29, 0.717) is 22.1 Å². The Kier molecular flexibility index (Phi) is 6.61. The molecule has 1 aromatic heterocycles. The number of nitrogens with zero attached hydrogens (tertiary/aromatic N) is 1. The van der Waals surface area contributed by atoms with Crippen LogP contribution >= 0.6 is 11.3 Å². The molecule has 0 saturated carbocycles. The summed E-state index contributed by atoms with van der Waals surface area (Å²) < 4.78 is 11.1. The van der Waals surface area contributed by atoms with Crippen LogP contribution in [-0.4, -0.2) is 23.8 Å². The summed E-state index contributed by atoms with van der Waals surface area (Å²) in [4.78, 5) is 28.2. The highest BCUT2D eigenvalue weighted by molar-refractivity contribution is 7.09. The number of aryl methyl sites for hydroxylation is 1. The number of anilines is 1. The maximum Gasteiger partial charge on any atom is 0.231 e. The predicted molar refractivity (Wildman–Crippen MR) is 113 cm³/mol. The standard InChI is InChI=1S/C22H22N2O4S/c1-14-4-7-17(8-5-14)23-21(26)11-22-24-18(13-29-22)12-28-19-9-6-16(15(2)25)10-20(19)27-3/h4-10,13H,11-12H2,1-3H3,(H,23,26). The van der Waals surface area contributed by atoms with Crippen molar-refractivity contribution in [2.75, 3.05) is 12.4 Å². The average molecular weight is 410 g/mol. The molecule has 0 bridgehead atoms. The lowest BCUT2D eigenvalue weighted by molar-refractivity contribution is -0.115. The minimum atomic E-state index is -0.114. The zero-order valence-corrected chi connectivity index (χ0v) is 17.3. The second kappa shape index (κ2) is 9.34. The van der Waals surface area contributed by atoms with E-state index in [0.717, 1.165) is 16.9 Å². The molecule has 1 N–H and O–H groups in total. The van der Waals surface area contributed by atoms with Gasteiger partial charge in [-0.05, 0) is 44.2 Å². The quantitative estimate of drug-likeness (QED) is 0.556. The lowest BCUT2D eigenvalue weighted by Crippen LogP contribution is -2.14. The molecule has 0 aliphatic carbocycles. The van der Waals surface area contributed by atoms with Crippen molar-refractivity contribution >= 4 is 28.7 Å². The molecule has 0 unspecified atom stereocenters. The second-order valence-corrected chi connectivity index (χ2v) is 7.48. The van der Waals surface area contributed by atoms with Crippen LogP contribution in [-0.2, 0) is 17.8 Å². The molecule has 6 nitrogen and oxygen atoms in total. The third-order valence-electron chi connectivity index (χ3n) is 4.19. The van der Waals surface area contributed by atoms with Gasteiger partial charge in [0.1, 0.15) is 11.6 Å². The molecule has 3 aromatic rings. The van der Waals surface area contributed by atoms with E-state index in [4.69, 9.17) is 9.47 Å². The molecule has 0 saturated heterocycles. The van der Waals surface area contributed by atoms with Crippen molar-refractivity contribution in [2.45, 2.75) is 26.9 Å². The molecular weight excluding hydrogens is 388 g/mol. The van der Waals surface area contributed by atoms with Crippen LogP contribution in [0.2, 0.25) is 0 Å². The fourth-order valence-electron chi connectivity index (χ4n) is 2.63. The number of hydrogen-bond donors (Lipinski definition) is 1. The van der Waals surface area contributed by atoms with E-state index in [-0.39, 0.29) is 24.7 Å². The van der Waals surface area contributed by atoms with Gasteiger partial charge in [-0.3, -0.25) is 9.59 Å². The molecule has 7 heteroatoms. The van der Waals surface area contributed by atoms with Crippen molar-refractivity contribution in [1.29, 1.82) is 0 Å². The normalized spacial score (nSPS) is 10.4. The number of methoxy groups -OCH3 is 1. The first-order valence-corrected chi connectivity index (χ1v) is 9.94. The first-order valence-electron chi connectivity index (χ1n) is 9.06. The van der Waals surface area contributed by atoms with Gasteiger partial charge in [0.05, 0.1) is 19.2 Å². The summed E-state index contributed by atoms with van der Waals surface area (Å²) in [5.74, 6) is 0.870. The van der Waals surface area contributed by atoms with E-state index in [1.165, 1.54) is 25.4 Å². The fraction of sp³-hybridized carbons (Fsp3) is 0.227. The molecule has 1 heterocycles. The van der Waals surface area contributed by atoms with Crippen LogP contribution in [0, 0.1) is 6.92 Å². The summed E-state index contributed by atoms with van der Waals surface area (Å²) in [6, 6.07) is 12.7. The Morgan fingerprint density at radius 1 is 1.10 bits per heavy atom. The summed E-state index contributed by atoms with van der Waals surface area (Å²) in [6.07, 6.45) is 0.204. The number of carbonyl (C=O) groups excluding carboxylic acids is 2. The molecule has 3 rings (SSSR count). The highest BCUT2D eigenvalue weighted by Crippen LogP contribution is 2.29. The maximum atomic E-state index is 12.2. The topological polar surface area (TPSA) is 77.5 Å². The minimum absolute atomic E-state index is 0.0390. The SMILES string of the molecule is COc1cc(C(C)=O)ccc1OCc1csc(CC(=O)Nc2ccc(C)cc2)n1. The zero-order chi connectivity index (χ0) is 20.8. The smallest absolute Gasteiger partial charge is 0.231 e. The predicted octanol–water partition coefficient (Wildman–Crippen LogP) is 4.42. The number of nitrogens with one attached hydrogen (secondary N) is 1. The Morgan fingerprint density at radius 3 is 2.55 bits per heavy atom. The fourth-order valence-corrected chi connectivity index (χ4v) is 3.41. The van der Waals surface area contributed by atoms with Gasteiger partial charge in [0, 0.05) is 16.6 Å². The van der Waals surface area contributed by atoms with Gasteiger partial charge in [-0.1, -0.05) is 17.7 Å². The Morgan fingerprint density at radius 2 is 1.86 bits per heavy atom. The van der Waals surface area contributed by atoms with E-state index in [2.05, 4.69) is 10.3 Å². The monoisotopic (exact) mass is 410 g/mol. The molecule has 2 aromatic carbocycles.